The molecule has 1 aromatic carbocycles. The molecule has 0 spiro atoms. The lowest BCUT2D eigenvalue weighted by Gasteiger charge is -2.22. The Hall–Kier alpha value is -2.52. The quantitative estimate of drug-likeness (QED) is 0.571. The van der Waals surface area contributed by atoms with Crippen molar-refractivity contribution < 1.29 is 14.0 Å². The summed E-state index contributed by atoms with van der Waals surface area (Å²) in [5.41, 5.74) is 1.20. The molecule has 6 nitrogen and oxygen atoms in total. The fourth-order valence-electron chi connectivity index (χ4n) is 2.55. The number of hydrogen-bond acceptors (Lipinski definition) is 5. The highest BCUT2D eigenvalue weighted by Gasteiger charge is 2.38. The second kappa shape index (κ2) is 8.45. The number of H-pyrrole nitrogens is 1. The molecular weight excluding hydrogens is 387 g/mol. The summed E-state index contributed by atoms with van der Waals surface area (Å²) in [6.45, 7) is 2.02. The van der Waals surface area contributed by atoms with Crippen LogP contribution in [0, 0.1) is 5.82 Å². The molecule has 1 saturated heterocycles. The number of imidazole rings is 1. The molecule has 2 heterocycles. The van der Waals surface area contributed by atoms with Gasteiger partial charge in [0.05, 0.1) is 11.2 Å². The zero-order chi connectivity index (χ0) is 19.4. The predicted octanol–water partition coefficient (Wildman–Crippen LogP) is 2.50. The average molecular weight is 404 g/mol. The number of carbonyl (C=O) groups excluding carboxylic acids is 2. The standard InChI is InChI=1S/C18H17FN4O2S2/c1-11(16(24)21-7-6-13-9-20-10-22-13)23-17(25)15(27-18(23)26)8-12-4-2-3-5-14(12)19/h2-5,8-11H,6-7H2,1H3,(H,20,22)(H,21,24). The molecule has 0 bridgehead atoms. The van der Waals surface area contributed by atoms with E-state index in [1.807, 2.05) is 0 Å². The minimum atomic E-state index is -0.759. The molecule has 140 valence electrons. The van der Waals surface area contributed by atoms with E-state index in [4.69, 9.17) is 12.2 Å². The fraction of sp³-hybridized carbons (Fsp3) is 0.222. The molecule has 1 unspecified atom stereocenters. The third-order valence-electron chi connectivity index (χ3n) is 4.03. The highest BCUT2D eigenvalue weighted by atomic mass is 32.2. The number of thioether (sulfide) groups is 1. The maximum atomic E-state index is 13.8. The number of hydrogen-bond donors (Lipinski definition) is 2. The number of benzene rings is 1. The minimum absolute atomic E-state index is 0.277. The topological polar surface area (TPSA) is 78.1 Å². The SMILES string of the molecule is CC(C(=O)NCCc1cnc[nH]1)N1C(=O)C(=Cc2ccccc2F)SC1=S. The molecule has 0 radical (unpaired) electrons. The van der Waals surface area contributed by atoms with E-state index in [0.717, 1.165) is 17.5 Å². The van der Waals surface area contributed by atoms with Crippen LogP contribution < -0.4 is 5.32 Å². The van der Waals surface area contributed by atoms with Crippen LogP contribution >= 0.6 is 24.0 Å². The minimum Gasteiger partial charge on any atom is -0.354 e. The first-order valence-corrected chi connectivity index (χ1v) is 9.46. The van der Waals surface area contributed by atoms with Gasteiger partial charge in [0, 0.05) is 30.4 Å². The Bertz CT molecular complexity index is 899. The van der Waals surface area contributed by atoms with Gasteiger partial charge in [-0.3, -0.25) is 14.5 Å². The lowest BCUT2D eigenvalue weighted by Crippen LogP contribution is -2.47. The van der Waals surface area contributed by atoms with Gasteiger partial charge in [-0.15, -0.1) is 0 Å². The van der Waals surface area contributed by atoms with Gasteiger partial charge in [0.25, 0.3) is 5.91 Å². The molecule has 27 heavy (non-hydrogen) atoms. The number of aromatic nitrogens is 2. The first-order valence-electron chi connectivity index (χ1n) is 8.24. The van der Waals surface area contributed by atoms with E-state index >= 15 is 0 Å². The third-order valence-corrected chi connectivity index (χ3v) is 5.36. The molecule has 2 amide bonds. The molecule has 3 rings (SSSR count). The Morgan fingerprint density at radius 2 is 2.26 bits per heavy atom. The Labute approximate surface area is 165 Å². The number of thiocarbonyl (C=S) groups is 1. The normalized spacial score (nSPS) is 16.8. The predicted molar refractivity (Wildman–Crippen MR) is 106 cm³/mol. The van der Waals surface area contributed by atoms with Gasteiger partial charge in [0.2, 0.25) is 5.91 Å². The molecular formula is C18H17FN4O2S2. The lowest BCUT2D eigenvalue weighted by atomic mass is 10.2. The first kappa shape index (κ1) is 19.2. The van der Waals surface area contributed by atoms with Gasteiger partial charge in [0.15, 0.2) is 0 Å². The number of nitrogens with one attached hydrogen (secondary N) is 2. The largest absolute Gasteiger partial charge is 0.354 e. The van der Waals surface area contributed by atoms with Crippen molar-refractivity contribution in [2.45, 2.75) is 19.4 Å². The van der Waals surface area contributed by atoms with Crippen molar-refractivity contribution in [3.05, 3.63) is 58.8 Å². The molecule has 1 atom stereocenters. The Morgan fingerprint density at radius 1 is 1.48 bits per heavy atom. The van der Waals surface area contributed by atoms with E-state index in [9.17, 15) is 14.0 Å². The van der Waals surface area contributed by atoms with Crippen molar-refractivity contribution >= 4 is 46.2 Å². The van der Waals surface area contributed by atoms with E-state index in [2.05, 4.69) is 15.3 Å². The van der Waals surface area contributed by atoms with Crippen LogP contribution in [0.2, 0.25) is 0 Å². The van der Waals surface area contributed by atoms with Crippen LogP contribution in [0.15, 0.2) is 41.7 Å². The van der Waals surface area contributed by atoms with Crippen molar-refractivity contribution in [1.82, 2.24) is 20.2 Å². The van der Waals surface area contributed by atoms with E-state index in [1.165, 1.54) is 17.0 Å². The van der Waals surface area contributed by atoms with Crippen molar-refractivity contribution in [2.24, 2.45) is 0 Å². The van der Waals surface area contributed by atoms with Crippen LogP contribution in [0.25, 0.3) is 6.08 Å². The van der Waals surface area contributed by atoms with Gasteiger partial charge in [-0.1, -0.05) is 42.2 Å². The van der Waals surface area contributed by atoms with Crippen LogP contribution in [0.4, 0.5) is 4.39 Å². The monoisotopic (exact) mass is 404 g/mol. The van der Waals surface area contributed by atoms with Gasteiger partial charge in [-0.05, 0) is 19.1 Å². The number of rotatable bonds is 6. The van der Waals surface area contributed by atoms with Crippen molar-refractivity contribution in [3.63, 3.8) is 0 Å². The summed E-state index contributed by atoms with van der Waals surface area (Å²) in [7, 11) is 0. The smallest absolute Gasteiger partial charge is 0.266 e. The third kappa shape index (κ3) is 4.42. The number of halogens is 1. The van der Waals surface area contributed by atoms with Crippen LogP contribution in [-0.4, -0.2) is 43.6 Å². The van der Waals surface area contributed by atoms with Crippen molar-refractivity contribution in [1.29, 1.82) is 0 Å². The first-order chi connectivity index (χ1) is 13.0. The fourth-order valence-corrected chi connectivity index (χ4v) is 3.96. The van der Waals surface area contributed by atoms with Crippen LogP contribution in [0.5, 0.6) is 0 Å². The Kier molecular flexibility index (Phi) is 6.02. The average Bonchev–Trinajstić information content (AvgIpc) is 3.25. The Morgan fingerprint density at radius 3 is 2.96 bits per heavy atom. The number of carbonyl (C=O) groups is 2. The maximum absolute atomic E-state index is 13.8. The summed E-state index contributed by atoms with van der Waals surface area (Å²) in [6, 6.07) is 5.40. The summed E-state index contributed by atoms with van der Waals surface area (Å²) in [4.78, 5) is 33.5. The summed E-state index contributed by atoms with van der Waals surface area (Å²) in [6.07, 6.45) is 5.31. The second-order valence-electron chi connectivity index (χ2n) is 5.87. The molecule has 1 aliphatic heterocycles. The Balaban J connectivity index is 1.65. The van der Waals surface area contributed by atoms with Crippen LogP contribution in [0.1, 0.15) is 18.2 Å². The molecule has 1 aliphatic rings. The number of amides is 2. The number of aromatic amines is 1. The highest BCUT2D eigenvalue weighted by Crippen LogP contribution is 2.34. The van der Waals surface area contributed by atoms with Gasteiger partial charge in [-0.25, -0.2) is 9.37 Å². The van der Waals surface area contributed by atoms with Gasteiger partial charge >= 0.3 is 0 Å². The zero-order valence-corrected chi connectivity index (χ0v) is 16.1. The molecule has 0 saturated carbocycles. The summed E-state index contributed by atoms with van der Waals surface area (Å²) >= 11 is 6.32. The summed E-state index contributed by atoms with van der Waals surface area (Å²) < 4.78 is 14.1. The van der Waals surface area contributed by atoms with Gasteiger partial charge in [-0.2, -0.15) is 0 Å². The van der Waals surface area contributed by atoms with E-state index in [1.54, 1.807) is 37.6 Å². The van der Waals surface area contributed by atoms with E-state index in [-0.39, 0.29) is 10.2 Å². The molecule has 1 fully saturated rings. The van der Waals surface area contributed by atoms with Gasteiger partial charge in [0.1, 0.15) is 16.2 Å². The molecule has 2 aromatic rings. The summed E-state index contributed by atoms with van der Waals surface area (Å²) in [5.74, 6) is -1.13. The van der Waals surface area contributed by atoms with Crippen LogP contribution in [-0.2, 0) is 16.0 Å². The lowest BCUT2D eigenvalue weighted by molar-refractivity contribution is -0.132. The highest BCUT2D eigenvalue weighted by molar-refractivity contribution is 8.26. The molecule has 1 aromatic heterocycles. The zero-order valence-electron chi connectivity index (χ0n) is 14.4. The van der Waals surface area contributed by atoms with Crippen molar-refractivity contribution in [2.75, 3.05) is 6.54 Å². The van der Waals surface area contributed by atoms with E-state index in [0.29, 0.717) is 23.4 Å². The molecule has 2 N–H and O–H groups in total. The van der Waals surface area contributed by atoms with Crippen LogP contribution in [0.3, 0.4) is 0 Å². The van der Waals surface area contributed by atoms with E-state index < -0.39 is 17.8 Å². The second-order valence-corrected chi connectivity index (χ2v) is 7.54. The molecule has 0 aliphatic carbocycles. The number of nitrogens with zero attached hydrogens (tertiary/aromatic N) is 2. The van der Waals surface area contributed by atoms with Gasteiger partial charge < -0.3 is 10.3 Å². The summed E-state index contributed by atoms with van der Waals surface area (Å²) in [5, 5.41) is 2.78. The molecule has 9 heteroatoms. The maximum Gasteiger partial charge on any atom is 0.266 e. The van der Waals surface area contributed by atoms with Crippen molar-refractivity contribution in [3.8, 4) is 0 Å².